The fourth-order valence-electron chi connectivity index (χ4n) is 1.27. The molecule has 3 heteroatoms. The normalized spacial score (nSPS) is 44.8. The highest BCUT2D eigenvalue weighted by Gasteiger charge is 2.60. The van der Waals surface area contributed by atoms with E-state index in [1.165, 1.54) is 7.11 Å². The van der Waals surface area contributed by atoms with Gasteiger partial charge < -0.3 is 4.74 Å². The van der Waals surface area contributed by atoms with Crippen LogP contribution in [0.25, 0.3) is 0 Å². The van der Waals surface area contributed by atoms with Gasteiger partial charge in [-0.2, -0.15) is 0 Å². The largest absolute Gasteiger partial charge is 0.468 e. The molecule has 0 radical (unpaired) electrons. The Morgan fingerprint density at radius 3 is 2.20 bits per heavy atom. The standard InChI is InChI=1S/C7H13NO2/c1-5-7(2,8(5)3)6(9)10-4/h5H,1-4H3. The van der Waals surface area contributed by atoms with Crippen molar-refractivity contribution in [3.63, 3.8) is 0 Å². The Hall–Kier alpha value is -0.570. The smallest absolute Gasteiger partial charge is 0.327 e. The minimum Gasteiger partial charge on any atom is -0.468 e. The third kappa shape index (κ3) is 0.669. The summed E-state index contributed by atoms with van der Waals surface area (Å²) in [7, 11) is 3.34. The number of carbonyl (C=O) groups is 1. The van der Waals surface area contributed by atoms with Crippen LogP contribution in [-0.2, 0) is 9.53 Å². The van der Waals surface area contributed by atoms with Crippen LogP contribution in [0.15, 0.2) is 0 Å². The predicted molar refractivity (Wildman–Crippen MR) is 37.6 cm³/mol. The summed E-state index contributed by atoms with van der Waals surface area (Å²) in [6.07, 6.45) is 0. The number of hydrogen-bond acceptors (Lipinski definition) is 3. The van der Waals surface area contributed by atoms with Gasteiger partial charge in [-0.15, -0.1) is 0 Å². The van der Waals surface area contributed by atoms with E-state index in [9.17, 15) is 4.79 Å². The van der Waals surface area contributed by atoms with Gasteiger partial charge in [-0.05, 0) is 20.9 Å². The van der Waals surface area contributed by atoms with Crippen LogP contribution in [0.2, 0.25) is 0 Å². The summed E-state index contributed by atoms with van der Waals surface area (Å²) in [5, 5.41) is 0. The van der Waals surface area contributed by atoms with Gasteiger partial charge in [-0.3, -0.25) is 4.90 Å². The zero-order chi connectivity index (χ0) is 7.94. The summed E-state index contributed by atoms with van der Waals surface area (Å²) < 4.78 is 4.64. The van der Waals surface area contributed by atoms with Crippen molar-refractivity contribution in [3.8, 4) is 0 Å². The van der Waals surface area contributed by atoms with Crippen molar-refractivity contribution >= 4 is 5.97 Å². The lowest BCUT2D eigenvalue weighted by molar-refractivity contribution is -0.144. The van der Waals surface area contributed by atoms with Gasteiger partial charge >= 0.3 is 5.97 Å². The number of rotatable bonds is 1. The summed E-state index contributed by atoms with van der Waals surface area (Å²) in [5.41, 5.74) is -0.352. The Morgan fingerprint density at radius 1 is 1.70 bits per heavy atom. The third-order valence-electron chi connectivity index (χ3n) is 2.66. The van der Waals surface area contributed by atoms with Crippen LogP contribution in [0.3, 0.4) is 0 Å². The molecule has 0 bridgehead atoms. The highest BCUT2D eigenvalue weighted by molar-refractivity contribution is 5.85. The number of hydrogen-bond donors (Lipinski definition) is 0. The zero-order valence-electron chi connectivity index (χ0n) is 6.84. The third-order valence-corrected chi connectivity index (χ3v) is 2.66. The first kappa shape index (κ1) is 7.54. The minimum atomic E-state index is -0.352. The SMILES string of the molecule is COC(=O)C1(C)C(C)N1C. The van der Waals surface area contributed by atoms with E-state index in [-0.39, 0.29) is 11.5 Å². The van der Waals surface area contributed by atoms with E-state index in [1.54, 1.807) is 0 Å². The second-order valence-electron chi connectivity index (χ2n) is 2.93. The van der Waals surface area contributed by atoms with Gasteiger partial charge in [0.1, 0.15) is 5.54 Å². The van der Waals surface area contributed by atoms with Gasteiger partial charge in [0.2, 0.25) is 0 Å². The predicted octanol–water partition coefficient (Wildman–Crippen LogP) is 0.252. The van der Waals surface area contributed by atoms with Crippen molar-refractivity contribution in [1.29, 1.82) is 0 Å². The van der Waals surface area contributed by atoms with E-state index in [2.05, 4.69) is 4.74 Å². The number of likely N-dealkylation sites (N-methyl/N-ethyl adjacent to an activating group) is 1. The highest BCUT2D eigenvalue weighted by Crippen LogP contribution is 2.39. The lowest BCUT2D eigenvalue weighted by Crippen LogP contribution is -2.26. The number of ether oxygens (including phenoxy) is 1. The molecule has 1 heterocycles. The first-order valence-electron chi connectivity index (χ1n) is 3.36. The summed E-state index contributed by atoms with van der Waals surface area (Å²) >= 11 is 0. The Labute approximate surface area is 61.0 Å². The van der Waals surface area contributed by atoms with Crippen LogP contribution in [0, 0.1) is 0 Å². The Balaban J connectivity index is 2.65. The van der Waals surface area contributed by atoms with Crippen molar-refractivity contribution in [2.45, 2.75) is 25.4 Å². The van der Waals surface area contributed by atoms with Crippen LogP contribution in [0.5, 0.6) is 0 Å². The summed E-state index contributed by atoms with van der Waals surface area (Å²) in [5.74, 6) is -0.137. The van der Waals surface area contributed by atoms with E-state index >= 15 is 0 Å². The molecule has 0 amide bonds. The van der Waals surface area contributed by atoms with Crippen LogP contribution in [0.4, 0.5) is 0 Å². The van der Waals surface area contributed by atoms with Crippen molar-refractivity contribution in [2.75, 3.05) is 14.2 Å². The molecule has 3 atom stereocenters. The lowest BCUT2D eigenvalue weighted by Gasteiger charge is -2.05. The molecule has 0 N–H and O–H groups in total. The maximum atomic E-state index is 11.1. The van der Waals surface area contributed by atoms with Gasteiger partial charge in [0, 0.05) is 6.04 Å². The van der Waals surface area contributed by atoms with Crippen molar-refractivity contribution in [3.05, 3.63) is 0 Å². The number of methoxy groups -OCH3 is 1. The molecule has 1 rings (SSSR count). The quantitative estimate of drug-likeness (QED) is 0.389. The second kappa shape index (κ2) is 1.95. The summed E-state index contributed by atoms with van der Waals surface area (Å²) in [4.78, 5) is 13.0. The maximum Gasteiger partial charge on any atom is 0.327 e. The number of nitrogens with zero attached hydrogens (tertiary/aromatic N) is 1. The van der Waals surface area contributed by atoms with Gasteiger partial charge in [0.15, 0.2) is 0 Å². The van der Waals surface area contributed by atoms with Gasteiger partial charge in [0.05, 0.1) is 7.11 Å². The zero-order valence-corrected chi connectivity index (χ0v) is 6.84. The Bertz CT molecular complexity index is 159. The topological polar surface area (TPSA) is 29.3 Å². The van der Waals surface area contributed by atoms with Crippen LogP contribution >= 0.6 is 0 Å². The average molecular weight is 143 g/mol. The lowest BCUT2D eigenvalue weighted by atomic mass is 10.1. The van der Waals surface area contributed by atoms with Gasteiger partial charge in [0.25, 0.3) is 0 Å². The van der Waals surface area contributed by atoms with Crippen LogP contribution in [0.1, 0.15) is 13.8 Å². The first-order chi connectivity index (χ1) is 4.55. The van der Waals surface area contributed by atoms with E-state index in [0.29, 0.717) is 6.04 Å². The molecule has 1 aliphatic heterocycles. The van der Waals surface area contributed by atoms with Gasteiger partial charge in [-0.1, -0.05) is 0 Å². The first-order valence-corrected chi connectivity index (χ1v) is 3.36. The molecule has 0 aromatic carbocycles. The molecule has 1 saturated heterocycles. The fourth-order valence-corrected chi connectivity index (χ4v) is 1.27. The monoisotopic (exact) mass is 143 g/mol. The molecular weight excluding hydrogens is 130 g/mol. The van der Waals surface area contributed by atoms with Gasteiger partial charge in [-0.25, -0.2) is 4.79 Å². The number of esters is 1. The molecule has 0 spiro atoms. The molecule has 1 fully saturated rings. The highest BCUT2D eigenvalue weighted by atomic mass is 16.5. The minimum absolute atomic E-state index is 0.137. The van der Waals surface area contributed by atoms with E-state index in [0.717, 1.165) is 0 Å². The van der Waals surface area contributed by atoms with Crippen LogP contribution in [-0.4, -0.2) is 36.6 Å². The Kier molecular flexibility index (Phi) is 1.47. The van der Waals surface area contributed by atoms with Crippen molar-refractivity contribution in [1.82, 2.24) is 4.90 Å². The molecular formula is C7H13NO2. The van der Waals surface area contributed by atoms with Crippen molar-refractivity contribution in [2.24, 2.45) is 0 Å². The molecule has 0 aliphatic carbocycles. The Morgan fingerprint density at radius 2 is 2.10 bits per heavy atom. The fraction of sp³-hybridized carbons (Fsp3) is 0.857. The second-order valence-corrected chi connectivity index (χ2v) is 2.93. The molecule has 0 saturated carbocycles. The molecule has 10 heavy (non-hydrogen) atoms. The molecule has 0 aromatic heterocycles. The molecule has 3 unspecified atom stereocenters. The molecule has 58 valence electrons. The van der Waals surface area contributed by atoms with E-state index < -0.39 is 0 Å². The molecule has 3 nitrogen and oxygen atoms in total. The maximum absolute atomic E-state index is 11.1. The average Bonchev–Trinajstić information content (AvgIpc) is 2.41. The summed E-state index contributed by atoms with van der Waals surface area (Å²) in [6, 6.07) is 0.319. The summed E-state index contributed by atoms with van der Waals surface area (Å²) in [6.45, 7) is 3.90. The number of carbonyl (C=O) groups excluding carboxylic acids is 1. The van der Waals surface area contributed by atoms with E-state index in [4.69, 9.17) is 0 Å². The van der Waals surface area contributed by atoms with Crippen LogP contribution < -0.4 is 0 Å². The molecule has 1 aliphatic rings. The van der Waals surface area contributed by atoms with E-state index in [1.807, 2.05) is 25.8 Å². The molecule has 0 aromatic rings. The van der Waals surface area contributed by atoms with Crippen molar-refractivity contribution < 1.29 is 9.53 Å².